The minimum absolute atomic E-state index is 0.298. The molecule has 0 spiro atoms. The van der Waals surface area contributed by atoms with Gasteiger partial charge in [0.05, 0.1) is 4.91 Å². The molecule has 0 unspecified atom stereocenters. The highest BCUT2D eigenvalue weighted by Crippen LogP contribution is 2.30. The predicted molar refractivity (Wildman–Crippen MR) is 97.6 cm³/mol. The number of carbonyl (C=O) groups is 2. The Morgan fingerprint density at radius 1 is 1.17 bits per heavy atom. The van der Waals surface area contributed by atoms with Crippen molar-refractivity contribution in [3.05, 3.63) is 40.9 Å². The molecule has 24 heavy (non-hydrogen) atoms. The lowest BCUT2D eigenvalue weighted by Crippen LogP contribution is -2.17. The zero-order valence-electron chi connectivity index (χ0n) is 13.5. The maximum atomic E-state index is 11.8. The second-order valence-corrected chi connectivity index (χ2v) is 7.62. The van der Waals surface area contributed by atoms with E-state index in [0.717, 1.165) is 35.2 Å². The number of imide groups is 1. The van der Waals surface area contributed by atoms with Crippen LogP contribution < -0.4 is 5.32 Å². The molecule has 1 aliphatic carbocycles. The third-order valence-corrected chi connectivity index (χ3v) is 5.77. The fraction of sp³-hybridized carbons (Fsp3) is 0.368. The Balaban J connectivity index is 1.65. The van der Waals surface area contributed by atoms with Gasteiger partial charge in [-0.05, 0) is 54.3 Å². The first kappa shape index (κ1) is 15.5. The van der Waals surface area contributed by atoms with E-state index in [0.29, 0.717) is 4.91 Å². The minimum Gasteiger partial charge on any atom is -0.347 e. The molecule has 1 N–H and O–H groups in total. The Labute approximate surface area is 145 Å². The number of amides is 2. The van der Waals surface area contributed by atoms with E-state index >= 15 is 0 Å². The molecule has 124 valence electrons. The van der Waals surface area contributed by atoms with Crippen LogP contribution >= 0.6 is 11.8 Å². The van der Waals surface area contributed by atoms with Gasteiger partial charge >= 0.3 is 0 Å². The molecule has 1 saturated heterocycles. The van der Waals surface area contributed by atoms with E-state index < -0.39 is 0 Å². The molecular weight excluding hydrogens is 320 g/mol. The van der Waals surface area contributed by atoms with Crippen molar-refractivity contribution in [1.29, 1.82) is 0 Å². The summed E-state index contributed by atoms with van der Waals surface area (Å²) in [6.07, 6.45) is 10.7. The molecule has 1 aromatic carbocycles. The van der Waals surface area contributed by atoms with Crippen LogP contribution in [0, 0.1) is 5.92 Å². The molecule has 2 fully saturated rings. The fourth-order valence-corrected chi connectivity index (χ4v) is 4.42. The summed E-state index contributed by atoms with van der Waals surface area (Å²) in [6.45, 7) is 1.07. The minimum atomic E-state index is -0.302. The average molecular weight is 340 g/mol. The van der Waals surface area contributed by atoms with Crippen LogP contribution in [0.4, 0.5) is 4.79 Å². The molecule has 1 aliphatic heterocycles. The van der Waals surface area contributed by atoms with Gasteiger partial charge in [0.1, 0.15) is 0 Å². The Hall–Kier alpha value is -2.01. The van der Waals surface area contributed by atoms with Crippen LogP contribution in [0.15, 0.2) is 35.4 Å². The van der Waals surface area contributed by atoms with Crippen molar-refractivity contribution in [2.24, 2.45) is 5.92 Å². The maximum Gasteiger partial charge on any atom is 0.290 e. The molecule has 2 heterocycles. The summed E-state index contributed by atoms with van der Waals surface area (Å²) in [5.41, 5.74) is 2.19. The average Bonchev–Trinajstić information content (AvgIpc) is 3.13. The van der Waals surface area contributed by atoms with Crippen molar-refractivity contribution < 1.29 is 9.59 Å². The molecule has 0 bridgehead atoms. The molecule has 1 saturated carbocycles. The quantitative estimate of drug-likeness (QED) is 0.834. The molecule has 4 rings (SSSR count). The van der Waals surface area contributed by atoms with Gasteiger partial charge in [0.25, 0.3) is 11.1 Å². The summed E-state index contributed by atoms with van der Waals surface area (Å²) in [7, 11) is 0. The summed E-state index contributed by atoms with van der Waals surface area (Å²) in [5, 5.41) is 3.14. The van der Waals surface area contributed by atoms with Gasteiger partial charge in [-0.1, -0.05) is 31.4 Å². The molecule has 2 aliphatic rings. The number of hydrogen-bond donors (Lipinski definition) is 1. The summed E-state index contributed by atoms with van der Waals surface area (Å²) >= 11 is 0.967. The number of carbonyl (C=O) groups excluding carboxylic acids is 2. The van der Waals surface area contributed by atoms with Crippen LogP contribution in [0.1, 0.15) is 37.7 Å². The van der Waals surface area contributed by atoms with Crippen molar-refractivity contribution in [3.63, 3.8) is 0 Å². The van der Waals surface area contributed by atoms with Crippen LogP contribution in [0.3, 0.4) is 0 Å². The highest BCUT2D eigenvalue weighted by Gasteiger charge is 2.25. The summed E-state index contributed by atoms with van der Waals surface area (Å²) in [6, 6.07) is 8.26. The monoisotopic (exact) mass is 340 g/mol. The van der Waals surface area contributed by atoms with E-state index in [2.05, 4.69) is 28.2 Å². The first-order valence-electron chi connectivity index (χ1n) is 8.53. The molecule has 2 amide bonds. The van der Waals surface area contributed by atoms with Crippen molar-refractivity contribution in [2.75, 3.05) is 0 Å². The highest BCUT2D eigenvalue weighted by molar-refractivity contribution is 8.18. The first-order chi connectivity index (χ1) is 11.7. The molecular formula is C19H20N2O2S. The van der Waals surface area contributed by atoms with E-state index in [9.17, 15) is 9.59 Å². The lowest BCUT2D eigenvalue weighted by Gasteiger charge is -2.22. The number of aromatic nitrogens is 1. The van der Waals surface area contributed by atoms with Gasteiger partial charge in [-0.15, -0.1) is 0 Å². The molecule has 0 radical (unpaired) electrons. The molecule has 2 aromatic rings. The standard InChI is InChI=1S/C19H20N2O2S/c22-18-17(24-19(23)20-18)11-14-7-4-8-16-15(14)9-10-21(16)12-13-5-2-1-3-6-13/h4,7-11,13H,1-3,5-6,12H2,(H,20,22,23)/b17-11-. The summed E-state index contributed by atoms with van der Waals surface area (Å²) in [5.74, 6) is 0.466. The van der Waals surface area contributed by atoms with Crippen LogP contribution in [0.25, 0.3) is 17.0 Å². The van der Waals surface area contributed by atoms with E-state index in [-0.39, 0.29) is 11.1 Å². The zero-order valence-corrected chi connectivity index (χ0v) is 14.3. The van der Waals surface area contributed by atoms with Crippen molar-refractivity contribution in [1.82, 2.24) is 9.88 Å². The topological polar surface area (TPSA) is 51.1 Å². The maximum absolute atomic E-state index is 11.8. The van der Waals surface area contributed by atoms with Gasteiger partial charge in [0.2, 0.25) is 0 Å². The number of nitrogens with one attached hydrogen (secondary N) is 1. The number of benzene rings is 1. The van der Waals surface area contributed by atoms with Crippen LogP contribution in [0.5, 0.6) is 0 Å². The lowest BCUT2D eigenvalue weighted by molar-refractivity contribution is -0.115. The van der Waals surface area contributed by atoms with Gasteiger partial charge in [-0.25, -0.2) is 0 Å². The Kier molecular flexibility index (Phi) is 4.19. The third kappa shape index (κ3) is 3.00. The Bertz CT molecular complexity index is 831. The Morgan fingerprint density at radius 2 is 2.00 bits per heavy atom. The van der Waals surface area contributed by atoms with Gasteiger partial charge in [-0.3, -0.25) is 14.9 Å². The van der Waals surface area contributed by atoms with Gasteiger partial charge < -0.3 is 4.57 Å². The van der Waals surface area contributed by atoms with Gasteiger partial charge in [-0.2, -0.15) is 0 Å². The number of thioether (sulfide) groups is 1. The Morgan fingerprint density at radius 3 is 2.75 bits per heavy atom. The molecule has 0 atom stereocenters. The number of hydrogen-bond acceptors (Lipinski definition) is 3. The second kappa shape index (κ2) is 6.48. The normalized spacial score (nSPS) is 20.9. The van der Waals surface area contributed by atoms with E-state index in [1.165, 1.54) is 37.6 Å². The molecule has 4 nitrogen and oxygen atoms in total. The molecule has 5 heteroatoms. The predicted octanol–water partition coefficient (Wildman–Crippen LogP) is 4.55. The fourth-order valence-electron chi connectivity index (χ4n) is 3.74. The SMILES string of the molecule is O=C1NC(=O)/C(=C/c2cccc3c2ccn3CC2CCCCC2)S1. The molecule has 1 aromatic heterocycles. The van der Waals surface area contributed by atoms with Crippen LogP contribution in [-0.2, 0) is 11.3 Å². The number of fused-ring (bicyclic) bond motifs is 1. The smallest absolute Gasteiger partial charge is 0.290 e. The van der Waals surface area contributed by atoms with E-state index in [1.54, 1.807) is 0 Å². The lowest BCUT2D eigenvalue weighted by atomic mass is 9.89. The van der Waals surface area contributed by atoms with E-state index in [4.69, 9.17) is 0 Å². The largest absolute Gasteiger partial charge is 0.347 e. The summed E-state index contributed by atoms with van der Waals surface area (Å²) < 4.78 is 2.33. The second-order valence-electron chi connectivity index (χ2n) is 6.60. The van der Waals surface area contributed by atoms with E-state index in [1.807, 2.05) is 18.2 Å². The van der Waals surface area contributed by atoms with Crippen LogP contribution in [-0.4, -0.2) is 15.7 Å². The first-order valence-corrected chi connectivity index (χ1v) is 9.35. The highest BCUT2D eigenvalue weighted by atomic mass is 32.2. The van der Waals surface area contributed by atoms with Gasteiger partial charge in [0, 0.05) is 23.6 Å². The number of nitrogens with zero attached hydrogens (tertiary/aromatic N) is 1. The zero-order chi connectivity index (χ0) is 16.5. The van der Waals surface area contributed by atoms with Crippen molar-refractivity contribution >= 4 is 39.9 Å². The van der Waals surface area contributed by atoms with Crippen molar-refractivity contribution in [3.8, 4) is 0 Å². The van der Waals surface area contributed by atoms with Gasteiger partial charge in [0.15, 0.2) is 0 Å². The van der Waals surface area contributed by atoms with Crippen LogP contribution in [0.2, 0.25) is 0 Å². The summed E-state index contributed by atoms with van der Waals surface area (Å²) in [4.78, 5) is 23.6. The number of rotatable bonds is 3. The van der Waals surface area contributed by atoms with Crippen molar-refractivity contribution in [2.45, 2.75) is 38.6 Å². The third-order valence-electron chi connectivity index (χ3n) is 4.96.